The zero-order valence-electron chi connectivity index (χ0n) is 30.9. The molecule has 4 nitrogen and oxygen atoms in total. The largest absolute Gasteiger partial charge is 0.309 e. The van der Waals surface area contributed by atoms with Crippen molar-refractivity contribution in [1.82, 2.24) is 19.5 Å². The number of para-hydroxylation sites is 2. The highest BCUT2D eigenvalue weighted by Gasteiger charge is 2.18. The van der Waals surface area contributed by atoms with E-state index in [1.54, 1.807) is 0 Å². The molecule has 9 aromatic carbocycles. The summed E-state index contributed by atoms with van der Waals surface area (Å²) in [6.07, 6.45) is 0. The van der Waals surface area contributed by atoms with Crippen molar-refractivity contribution in [1.29, 1.82) is 0 Å². The average molecular weight is 727 g/mol. The summed E-state index contributed by atoms with van der Waals surface area (Å²) in [5, 5.41) is 7.18. The second kappa shape index (κ2) is 13.6. The lowest BCUT2D eigenvalue weighted by Gasteiger charge is -2.16. The number of benzene rings is 9. The van der Waals surface area contributed by atoms with Gasteiger partial charge in [-0.05, 0) is 68.7 Å². The van der Waals surface area contributed by atoms with Crippen LogP contribution in [0.4, 0.5) is 0 Å². The van der Waals surface area contributed by atoms with E-state index in [1.807, 2.05) is 60.7 Å². The number of fused-ring (bicyclic) bond motifs is 5. The molecule has 0 spiro atoms. The van der Waals surface area contributed by atoms with E-state index in [-0.39, 0.29) is 0 Å². The Morgan fingerprint density at radius 1 is 0.263 bits per heavy atom. The molecule has 4 heteroatoms. The molecular weight excluding hydrogens is 693 g/mol. The van der Waals surface area contributed by atoms with Crippen LogP contribution in [0.1, 0.15) is 0 Å². The number of aromatic nitrogens is 4. The minimum absolute atomic E-state index is 0.647. The molecule has 0 radical (unpaired) electrons. The van der Waals surface area contributed by atoms with Crippen LogP contribution in [0.2, 0.25) is 0 Å². The normalized spacial score (nSPS) is 11.5. The maximum atomic E-state index is 5.07. The van der Waals surface area contributed by atoms with E-state index in [9.17, 15) is 0 Å². The first-order valence-corrected chi connectivity index (χ1v) is 19.3. The zero-order chi connectivity index (χ0) is 37.7. The summed E-state index contributed by atoms with van der Waals surface area (Å²) >= 11 is 0. The fraction of sp³-hybridized carbons (Fsp3) is 0. The molecule has 0 unspecified atom stereocenters. The topological polar surface area (TPSA) is 43.6 Å². The van der Waals surface area contributed by atoms with Crippen LogP contribution in [0, 0.1) is 0 Å². The second-order valence-corrected chi connectivity index (χ2v) is 14.4. The first-order chi connectivity index (χ1) is 28.3. The van der Waals surface area contributed by atoms with Gasteiger partial charge in [0.25, 0.3) is 0 Å². The first kappa shape index (κ1) is 32.7. The minimum atomic E-state index is 0.647. The van der Waals surface area contributed by atoms with E-state index in [4.69, 9.17) is 15.0 Å². The van der Waals surface area contributed by atoms with E-state index >= 15 is 0 Å². The highest BCUT2D eigenvalue weighted by atomic mass is 15.0. The number of nitrogens with zero attached hydrogens (tertiary/aromatic N) is 4. The summed E-state index contributed by atoms with van der Waals surface area (Å²) < 4.78 is 2.42. The van der Waals surface area contributed by atoms with E-state index in [1.165, 1.54) is 49.4 Å². The molecule has 2 heterocycles. The SMILES string of the molecule is c1ccc(-c2nc(-c3ccccc3)nc(-c3ccc(-c4cccc(-c5ccc(-n6c7ccccc7c7ccccc76)c6ccccc56)c4)c4ccccc34)n2)cc1. The lowest BCUT2D eigenvalue weighted by molar-refractivity contribution is 1.08. The Bertz CT molecular complexity index is 3180. The van der Waals surface area contributed by atoms with Gasteiger partial charge in [0.05, 0.1) is 16.7 Å². The summed E-state index contributed by atoms with van der Waals surface area (Å²) in [7, 11) is 0. The van der Waals surface area contributed by atoms with Crippen molar-refractivity contribution < 1.29 is 0 Å². The molecule has 11 rings (SSSR count). The van der Waals surface area contributed by atoms with Crippen molar-refractivity contribution in [3.05, 3.63) is 206 Å². The van der Waals surface area contributed by atoms with Gasteiger partial charge in [0.1, 0.15) is 0 Å². The van der Waals surface area contributed by atoms with Gasteiger partial charge in [0.15, 0.2) is 17.5 Å². The average Bonchev–Trinajstić information content (AvgIpc) is 3.63. The van der Waals surface area contributed by atoms with Gasteiger partial charge in [-0.3, -0.25) is 0 Å². The summed E-state index contributed by atoms with van der Waals surface area (Å²) in [5.41, 5.74) is 11.1. The standard InChI is InChI=1S/C53H34N4/c1-3-16-35(17-4-1)51-54-52(36-18-5-2-6-19-36)56-53(55-51)47-31-30-39(41-22-7-8-24-43(41)47)37-20-15-21-38(34-37)40-32-33-50(44-25-10-9-23-42(40)44)57-48-28-13-11-26-45(48)46-27-12-14-29-49(46)57/h1-34H. The van der Waals surface area contributed by atoms with Crippen LogP contribution in [0.25, 0.3) is 105 Å². The maximum Gasteiger partial charge on any atom is 0.164 e. The molecule has 2 aromatic heterocycles. The number of rotatable bonds is 6. The minimum Gasteiger partial charge on any atom is -0.309 e. The van der Waals surface area contributed by atoms with Gasteiger partial charge < -0.3 is 4.57 Å². The molecule has 0 aliphatic rings. The number of hydrogen-bond donors (Lipinski definition) is 0. The van der Waals surface area contributed by atoms with Gasteiger partial charge >= 0.3 is 0 Å². The molecule has 0 saturated heterocycles. The van der Waals surface area contributed by atoms with Gasteiger partial charge in [-0.1, -0.05) is 176 Å². The Balaban J connectivity index is 1.04. The van der Waals surface area contributed by atoms with Crippen molar-refractivity contribution in [3.63, 3.8) is 0 Å². The molecule has 266 valence electrons. The molecule has 0 bridgehead atoms. The smallest absolute Gasteiger partial charge is 0.164 e. The van der Waals surface area contributed by atoms with Crippen LogP contribution in [0.5, 0.6) is 0 Å². The number of hydrogen-bond acceptors (Lipinski definition) is 3. The van der Waals surface area contributed by atoms with Crippen LogP contribution < -0.4 is 0 Å². The van der Waals surface area contributed by atoms with Crippen molar-refractivity contribution in [2.45, 2.75) is 0 Å². The van der Waals surface area contributed by atoms with Crippen LogP contribution >= 0.6 is 0 Å². The van der Waals surface area contributed by atoms with Crippen molar-refractivity contribution in [2.24, 2.45) is 0 Å². The van der Waals surface area contributed by atoms with E-state index in [0.717, 1.165) is 38.6 Å². The molecule has 0 aliphatic heterocycles. The zero-order valence-corrected chi connectivity index (χ0v) is 30.9. The predicted molar refractivity (Wildman–Crippen MR) is 236 cm³/mol. The van der Waals surface area contributed by atoms with Crippen molar-refractivity contribution in [2.75, 3.05) is 0 Å². The predicted octanol–water partition coefficient (Wildman–Crippen LogP) is 13.6. The molecule has 0 amide bonds. The lowest BCUT2D eigenvalue weighted by atomic mass is 9.91. The Labute approximate surface area is 330 Å². The molecule has 0 aliphatic carbocycles. The van der Waals surface area contributed by atoms with Crippen LogP contribution in [-0.4, -0.2) is 19.5 Å². The van der Waals surface area contributed by atoms with Crippen LogP contribution in [-0.2, 0) is 0 Å². The van der Waals surface area contributed by atoms with E-state index < -0.39 is 0 Å². The van der Waals surface area contributed by atoms with E-state index in [2.05, 4.69) is 150 Å². The maximum absolute atomic E-state index is 5.07. The lowest BCUT2D eigenvalue weighted by Crippen LogP contribution is -2.00. The molecular formula is C53H34N4. The Morgan fingerprint density at radius 3 is 1.21 bits per heavy atom. The fourth-order valence-corrected chi connectivity index (χ4v) is 8.44. The molecule has 0 saturated carbocycles. The van der Waals surface area contributed by atoms with E-state index in [0.29, 0.717) is 17.5 Å². The highest BCUT2D eigenvalue weighted by molar-refractivity contribution is 6.12. The molecule has 57 heavy (non-hydrogen) atoms. The van der Waals surface area contributed by atoms with Crippen LogP contribution in [0.15, 0.2) is 206 Å². The summed E-state index contributed by atoms with van der Waals surface area (Å²) in [4.78, 5) is 15.1. The Hall–Kier alpha value is -7.69. The summed E-state index contributed by atoms with van der Waals surface area (Å²) in [5.74, 6) is 1.95. The second-order valence-electron chi connectivity index (χ2n) is 14.4. The van der Waals surface area contributed by atoms with Crippen molar-refractivity contribution in [3.8, 4) is 62.1 Å². The van der Waals surface area contributed by atoms with Gasteiger partial charge in [0.2, 0.25) is 0 Å². The third-order valence-corrected chi connectivity index (χ3v) is 11.1. The first-order valence-electron chi connectivity index (χ1n) is 19.3. The highest BCUT2D eigenvalue weighted by Crippen LogP contribution is 2.40. The monoisotopic (exact) mass is 726 g/mol. The van der Waals surface area contributed by atoms with Gasteiger partial charge in [-0.2, -0.15) is 0 Å². The third-order valence-electron chi connectivity index (χ3n) is 11.1. The summed E-state index contributed by atoms with van der Waals surface area (Å²) in [6.45, 7) is 0. The van der Waals surface area contributed by atoms with Gasteiger partial charge in [-0.25, -0.2) is 15.0 Å². The Kier molecular flexibility index (Phi) is 7.78. The van der Waals surface area contributed by atoms with Gasteiger partial charge in [0, 0.05) is 32.8 Å². The quantitative estimate of drug-likeness (QED) is 0.171. The van der Waals surface area contributed by atoms with Crippen molar-refractivity contribution >= 4 is 43.4 Å². The third kappa shape index (κ3) is 5.58. The molecule has 0 atom stereocenters. The van der Waals surface area contributed by atoms with Crippen LogP contribution in [0.3, 0.4) is 0 Å². The Morgan fingerprint density at radius 2 is 0.649 bits per heavy atom. The molecule has 11 aromatic rings. The fourth-order valence-electron chi connectivity index (χ4n) is 8.44. The van der Waals surface area contributed by atoms with Gasteiger partial charge in [-0.15, -0.1) is 0 Å². The molecule has 0 N–H and O–H groups in total. The summed E-state index contributed by atoms with van der Waals surface area (Å²) in [6, 6.07) is 72.9. The molecule has 0 fully saturated rings.